The molecule has 0 unspecified atom stereocenters. The normalized spacial score (nSPS) is 11.1. The van der Waals surface area contributed by atoms with Gasteiger partial charge in [-0.05, 0) is 64.5 Å². The molecule has 128 valence electrons. The molecule has 5 nitrogen and oxygen atoms in total. The first-order valence-corrected chi connectivity index (χ1v) is 8.49. The second-order valence-electron chi connectivity index (χ2n) is 5.25. The lowest BCUT2D eigenvalue weighted by molar-refractivity contribution is 0.120. The van der Waals surface area contributed by atoms with Gasteiger partial charge in [0.25, 0.3) is 0 Å². The lowest BCUT2D eigenvalue weighted by Gasteiger charge is -2.06. The molecule has 0 bridgehead atoms. The molecule has 21 heavy (non-hydrogen) atoms. The third-order valence-electron chi connectivity index (χ3n) is 3.18. The number of nitrogens with one attached hydrogen (secondary N) is 1. The molecule has 3 N–H and O–H groups in total. The summed E-state index contributed by atoms with van der Waals surface area (Å²) in [5.41, 5.74) is 0. The minimum atomic E-state index is 0.265. The van der Waals surface area contributed by atoms with Crippen molar-refractivity contribution in [2.24, 2.45) is 0 Å². The third-order valence-corrected chi connectivity index (χ3v) is 3.18. The van der Waals surface area contributed by atoms with Gasteiger partial charge in [0.1, 0.15) is 0 Å². The van der Waals surface area contributed by atoms with Gasteiger partial charge in [0.15, 0.2) is 0 Å². The summed E-state index contributed by atoms with van der Waals surface area (Å²) in [4.78, 5) is 0. The van der Waals surface area contributed by atoms with Gasteiger partial charge in [0, 0.05) is 39.6 Å². The number of rotatable bonds is 18. The molecule has 0 aromatic rings. The van der Waals surface area contributed by atoms with Crippen LogP contribution in [-0.2, 0) is 9.47 Å². The monoisotopic (exact) mass is 305 g/mol. The summed E-state index contributed by atoms with van der Waals surface area (Å²) >= 11 is 0. The summed E-state index contributed by atoms with van der Waals surface area (Å²) in [5.74, 6) is 0. The molecule has 0 rings (SSSR count). The molecule has 0 aliphatic heterocycles. The molecule has 0 aromatic carbocycles. The van der Waals surface area contributed by atoms with Crippen molar-refractivity contribution in [1.29, 1.82) is 0 Å². The summed E-state index contributed by atoms with van der Waals surface area (Å²) in [7, 11) is 0. The van der Waals surface area contributed by atoms with Crippen LogP contribution in [0.5, 0.6) is 0 Å². The number of aliphatic hydroxyl groups is 2. The van der Waals surface area contributed by atoms with Crippen LogP contribution in [0.1, 0.15) is 51.4 Å². The van der Waals surface area contributed by atoms with Gasteiger partial charge in [-0.2, -0.15) is 0 Å². The van der Waals surface area contributed by atoms with Crippen LogP contribution in [0.25, 0.3) is 0 Å². The van der Waals surface area contributed by atoms with Gasteiger partial charge in [0.2, 0.25) is 0 Å². The topological polar surface area (TPSA) is 71.0 Å². The second kappa shape index (κ2) is 19.8. The molecule has 0 aromatic heterocycles. The number of hydrogen-bond acceptors (Lipinski definition) is 5. The Hall–Kier alpha value is -0.200. The molecule has 0 aliphatic carbocycles. The SMILES string of the molecule is OCCCCOCCCCNCCCCOCCCCO. The van der Waals surface area contributed by atoms with Crippen LogP contribution in [0.2, 0.25) is 0 Å². The van der Waals surface area contributed by atoms with Gasteiger partial charge in [-0.15, -0.1) is 0 Å². The highest BCUT2D eigenvalue weighted by Gasteiger charge is 1.93. The Morgan fingerprint density at radius 1 is 0.524 bits per heavy atom. The van der Waals surface area contributed by atoms with E-state index in [4.69, 9.17) is 19.7 Å². The molecule has 0 amide bonds. The van der Waals surface area contributed by atoms with E-state index in [0.29, 0.717) is 0 Å². The second-order valence-corrected chi connectivity index (χ2v) is 5.25. The van der Waals surface area contributed by atoms with E-state index < -0.39 is 0 Å². The van der Waals surface area contributed by atoms with E-state index in [-0.39, 0.29) is 13.2 Å². The van der Waals surface area contributed by atoms with Crippen LogP contribution >= 0.6 is 0 Å². The van der Waals surface area contributed by atoms with E-state index >= 15 is 0 Å². The minimum Gasteiger partial charge on any atom is -0.396 e. The Balaban J connectivity index is 2.90. The summed E-state index contributed by atoms with van der Waals surface area (Å²) in [5, 5.41) is 20.7. The molecule has 5 heteroatoms. The average Bonchev–Trinajstić information content (AvgIpc) is 2.50. The maximum atomic E-state index is 8.61. The Morgan fingerprint density at radius 3 is 1.29 bits per heavy atom. The first kappa shape index (κ1) is 20.8. The number of aliphatic hydroxyl groups excluding tert-OH is 2. The summed E-state index contributed by atoms with van der Waals surface area (Å²) in [6, 6.07) is 0. The molecular formula is C16H35NO4. The van der Waals surface area contributed by atoms with Crippen molar-refractivity contribution in [3.63, 3.8) is 0 Å². The van der Waals surface area contributed by atoms with Crippen LogP contribution in [-0.4, -0.2) is 62.9 Å². The largest absolute Gasteiger partial charge is 0.396 e. The zero-order valence-corrected chi connectivity index (χ0v) is 13.5. The van der Waals surface area contributed by atoms with E-state index in [1.807, 2.05) is 0 Å². The fraction of sp³-hybridized carbons (Fsp3) is 1.00. The quantitative estimate of drug-likeness (QED) is 0.336. The standard InChI is InChI=1S/C16H35NO4/c18-11-3-7-15-20-13-5-1-9-17-10-2-6-14-21-16-8-4-12-19/h17-19H,1-16H2. The first-order valence-electron chi connectivity index (χ1n) is 8.49. The summed E-state index contributed by atoms with van der Waals surface area (Å²) in [6.07, 6.45) is 8.09. The lowest BCUT2D eigenvalue weighted by atomic mass is 10.3. The number of ether oxygens (including phenoxy) is 2. The average molecular weight is 305 g/mol. The molecule has 0 fully saturated rings. The van der Waals surface area contributed by atoms with Crippen molar-refractivity contribution in [3.05, 3.63) is 0 Å². The van der Waals surface area contributed by atoms with Crippen molar-refractivity contribution < 1.29 is 19.7 Å². The zero-order chi connectivity index (χ0) is 15.4. The minimum absolute atomic E-state index is 0.265. The third kappa shape index (κ3) is 19.8. The summed E-state index contributed by atoms with van der Waals surface area (Å²) in [6.45, 7) is 5.83. The number of hydrogen-bond donors (Lipinski definition) is 3. The smallest absolute Gasteiger partial charge is 0.0466 e. The fourth-order valence-corrected chi connectivity index (χ4v) is 1.87. The molecule has 0 atom stereocenters. The zero-order valence-electron chi connectivity index (χ0n) is 13.5. The predicted molar refractivity (Wildman–Crippen MR) is 85.6 cm³/mol. The van der Waals surface area contributed by atoms with Crippen LogP contribution in [0.4, 0.5) is 0 Å². The van der Waals surface area contributed by atoms with Crippen LogP contribution in [0.15, 0.2) is 0 Å². The van der Waals surface area contributed by atoms with Crippen LogP contribution < -0.4 is 5.32 Å². The van der Waals surface area contributed by atoms with E-state index in [1.165, 1.54) is 0 Å². The van der Waals surface area contributed by atoms with Crippen molar-refractivity contribution >= 4 is 0 Å². The van der Waals surface area contributed by atoms with Crippen molar-refractivity contribution in [2.75, 3.05) is 52.7 Å². The molecular weight excluding hydrogens is 270 g/mol. The Labute approximate surface area is 130 Å². The van der Waals surface area contributed by atoms with Gasteiger partial charge in [-0.25, -0.2) is 0 Å². The lowest BCUT2D eigenvalue weighted by Crippen LogP contribution is -2.17. The Morgan fingerprint density at radius 2 is 0.905 bits per heavy atom. The predicted octanol–water partition coefficient (Wildman–Crippen LogP) is 1.71. The Bertz CT molecular complexity index is 164. The van der Waals surface area contributed by atoms with E-state index in [0.717, 1.165) is 90.9 Å². The van der Waals surface area contributed by atoms with E-state index in [2.05, 4.69) is 5.32 Å². The van der Waals surface area contributed by atoms with Gasteiger partial charge >= 0.3 is 0 Å². The molecule has 0 radical (unpaired) electrons. The molecule has 0 spiro atoms. The molecule has 0 aliphatic rings. The maximum absolute atomic E-state index is 8.61. The fourth-order valence-electron chi connectivity index (χ4n) is 1.87. The maximum Gasteiger partial charge on any atom is 0.0466 e. The van der Waals surface area contributed by atoms with Gasteiger partial charge < -0.3 is 25.0 Å². The molecule has 0 saturated carbocycles. The highest BCUT2D eigenvalue weighted by molar-refractivity contribution is 4.50. The Kier molecular flexibility index (Phi) is 19.6. The van der Waals surface area contributed by atoms with Crippen LogP contribution in [0, 0.1) is 0 Å². The van der Waals surface area contributed by atoms with Crippen molar-refractivity contribution in [2.45, 2.75) is 51.4 Å². The van der Waals surface area contributed by atoms with E-state index in [1.54, 1.807) is 0 Å². The van der Waals surface area contributed by atoms with Crippen molar-refractivity contribution in [1.82, 2.24) is 5.32 Å². The summed E-state index contributed by atoms with van der Waals surface area (Å²) < 4.78 is 10.9. The first-order chi connectivity index (χ1) is 10.4. The van der Waals surface area contributed by atoms with Gasteiger partial charge in [-0.1, -0.05) is 0 Å². The molecule has 0 heterocycles. The van der Waals surface area contributed by atoms with Gasteiger partial charge in [-0.3, -0.25) is 0 Å². The van der Waals surface area contributed by atoms with Crippen LogP contribution in [0.3, 0.4) is 0 Å². The number of unbranched alkanes of at least 4 members (excludes halogenated alkanes) is 4. The van der Waals surface area contributed by atoms with Gasteiger partial charge in [0.05, 0.1) is 0 Å². The van der Waals surface area contributed by atoms with Crippen molar-refractivity contribution in [3.8, 4) is 0 Å². The highest BCUT2D eigenvalue weighted by Crippen LogP contribution is 1.94. The highest BCUT2D eigenvalue weighted by atomic mass is 16.5. The van der Waals surface area contributed by atoms with E-state index in [9.17, 15) is 0 Å². The molecule has 0 saturated heterocycles.